The van der Waals surface area contributed by atoms with Crippen molar-refractivity contribution in [2.75, 3.05) is 0 Å². The van der Waals surface area contributed by atoms with E-state index in [1.165, 1.54) is 11.6 Å². The number of hydrogen-bond acceptors (Lipinski definition) is 3. The van der Waals surface area contributed by atoms with Gasteiger partial charge in [-0.2, -0.15) is 0 Å². The number of hydrogen-bond donors (Lipinski definition) is 2. The fourth-order valence-corrected chi connectivity index (χ4v) is 2.78. The summed E-state index contributed by atoms with van der Waals surface area (Å²) in [5.74, 6) is 0.621. The molecule has 5 heteroatoms. The van der Waals surface area contributed by atoms with Gasteiger partial charge in [-0.05, 0) is 36.8 Å². The number of benzene rings is 1. The monoisotopic (exact) mass is 341 g/mol. The Balaban J connectivity index is 0.00000109. The van der Waals surface area contributed by atoms with Crippen LogP contribution in [0.15, 0.2) is 35.1 Å². The van der Waals surface area contributed by atoms with E-state index >= 15 is 0 Å². The second kappa shape index (κ2) is 7.64. The zero-order valence-electron chi connectivity index (χ0n) is 15.6. The number of nitrogens with one attached hydrogen (secondary N) is 2. The average Bonchev–Trinajstić information content (AvgIpc) is 3.36. The molecule has 134 valence electrons. The summed E-state index contributed by atoms with van der Waals surface area (Å²) in [5.41, 5.74) is 1.93. The number of nitrogens with zero attached hydrogens (tertiary/aromatic N) is 1. The van der Waals surface area contributed by atoms with E-state index in [1.807, 2.05) is 13.8 Å². The van der Waals surface area contributed by atoms with Gasteiger partial charge >= 0.3 is 0 Å². The van der Waals surface area contributed by atoms with Gasteiger partial charge in [0.05, 0.1) is 5.54 Å². The number of H-pyrrole nitrogens is 1. The Labute approximate surface area is 148 Å². The van der Waals surface area contributed by atoms with Gasteiger partial charge in [0.1, 0.15) is 11.5 Å². The van der Waals surface area contributed by atoms with Crippen molar-refractivity contribution in [3.63, 3.8) is 0 Å². The van der Waals surface area contributed by atoms with Gasteiger partial charge < -0.3 is 10.3 Å². The third-order valence-electron chi connectivity index (χ3n) is 4.33. The topological polar surface area (TPSA) is 74.8 Å². The van der Waals surface area contributed by atoms with Gasteiger partial charge in [-0.3, -0.25) is 9.59 Å². The van der Waals surface area contributed by atoms with Gasteiger partial charge in [-0.25, -0.2) is 4.98 Å². The first-order valence-electron chi connectivity index (χ1n) is 8.90. The number of aryl methyl sites for hydroxylation is 1. The van der Waals surface area contributed by atoms with Crippen LogP contribution in [0.1, 0.15) is 73.9 Å². The predicted octanol–water partition coefficient (Wildman–Crippen LogP) is 3.65. The smallest absolute Gasteiger partial charge is 0.270 e. The van der Waals surface area contributed by atoms with E-state index in [-0.39, 0.29) is 22.7 Å². The largest absolute Gasteiger partial charge is 0.341 e. The van der Waals surface area contributed by atoms with Gasteiger partial charge in [0.2, 0.25) is 0 Å². The van der Waals surface area contributed by atoms with E-state index in [0.29, 0.717) is 11.7 Å². The van der Waals surface area contributed by atoms with Gasteiger partial charge in [0.25, 0.3) is 11.5 Å². The Bertz CT molecular complexity index is 787. The highest BCUT2D eigenvalue weighted by Gasteiger charge is 2.45. The highest BCUT2D eigenvalue weighted by Crippen LogP contribution is 2.45. The number of carbonyl (C=O) groups excluding carboxylic acids is 1. The van der Waals surface area contributed by atoms with Gasteiger partial charge in [0, 0.05) is 6.07 Å². The number of amides is 1. The van der Waals surface area contributed by atoms with Crippen molar-refractivity contribution in [3.05, 3.63) is 63.3 Å². The van der Waals surface area contributed by atoms with Crippen LogP contribution >= 0.6 is 0 Å². The van der Waals surface area contributed by atoms with Crippen molar-refractivity contribution in [1.82, 2.24) is 15.3 Å². The van der Waals surface area contributed by atoms with Gasteiger partial charge in [-0.1, -0.05) is 52.0 Å². The third kappa shape index (κ3) is 4.35. The van der Waals surface area contributed by atoms with Crippen molar-refractivity contribution >= 4 is 5.91 Å². The molecule has 1 aromatic carbocycles. The first-order chi connectivity index (χ1) is 11.9. The average molecular weight is 341 g/mol. The van der Waals surface area contributed by atoms with Crippen molar-refractivity contribution in [2.45, 2.75) is 58.9 Å². The molecule has 2 aromatic rings. The molecule has 5 nitrogen and oxygen atoms in total. The summed E-state index contributed by atoms with van der Waals surface area (Å²) in [7, 11) is 0. The summed E-state index contributed by atoms with van der Waals surface area (Å²) in [6.07, 6.45) is 1.81. The molecule has 0 aliphatic heterocycles. The quantitative estimate of drug-likeness (QED) is 0.891. The highest BCUT2D eigenvalue weighted by atomic mass is 16.2. The van der Waals surface area contributed by atoms with Crippen molar-refractivity contribution in [1.29, 1.82) is 0 Å². The molecule has 1 fully saturated rings. The summed E-state index contributed by atoms with van der Waals surface area (Å²) in [6, 6.07) is 9.63. The molecule has 1 heterocycles. The zero-order chi connectivity index (χ0) is 18.6. The molecule has 25 heavy (non-hydrogen) atoms. The van der Waals surface area contributed by atoms with E-state index in [9.17, 15) is 9.59 Å². The fourth-order valence-electron chi connectivity index (χ4n) is 2.78. The van der Waals surface area contributed by atoms with Crippen molar-refractivity contribution in [3.8, 4) is 0 Å². The second-order valence-electron chi connectivity index (χ2n) is 6.53. The molecule has 0 spiro atoms. The van der Waals surface area contributed by atoms with Crippen LogP contribution in [-0.2, 0) is 5.54 Å². The lowest BCUT2D eigenvalue weighted by Gasteiger charge is -2.18. The molecular formula is C20H27N3O2. The number of carbonyl (C=O) groups is 1. The molecule has 2 N–H and O–H groups in total. The third-order valence-corrected chi connectivity index (χ3v) is 4.33. The van der Waals surface area contributed by atoms with E-state index in [2.05, 4.69) is 53.4 Å². The van der Waals surface area contributed by atoms with E-state index in [4.69, 9.17) is 0 Å². The van der Waals surface area contributed by atoms with Crippen LogP contribution in [0.25, 0.3) is 0 Å². The molecule has 1 aliphatic carbocycles. The maximum atomic E-state index is 12.4. The summed E-state index contributed by atoms with van der Waals surface area (Å²) in [4.78, 5) is 30.6. The lowest BCUT2D eigenvalue weighted by molar-refractivity contribution is 0.0925. The Morgan fingerprint density at radius 3 is 2.28 bits per heavy atom. The first-order valence-corrected chi connectivity index (χ1v) is 8.90. The summed E-state index contributed by atoms with van der Waals surface area (Å²) in [6.45, 7) is 9.98. The molecule has 1 aliphatic rings. The van der Waals surface area contributed by atoms with Gasteiger partial charge in [0.15, 0.2) is 0 Å². The van der Waals surface area contributed by atoms with Gasteiger partial charge in [-0.15, -0.1) is 0 Å². The standard InChI is InChI=1S/C18H21N3O2.C2H6/c1-11(2)13-4-6-14(7-5-13)18(8-9-18)21-17(23)15-10-16(22)20-12(3)19-15;1-2/h4-7,10-11H,8-9H2,1-3H3,(H,21,23)(H,19,20,22);1-2H3. The molecular weight excluding hydrogens is 314 g/mol. The summed E-state index contributed by atoms with van der Waals surface area (Å²) < 4.78 is 0. The first kappa shape index (κ1) is 18.9. The van der Waals surface area contributed by atoms with Crippen molar-refractivity contribution in [2.24, 2.45) is 0 Å². The molecule has 0 radical (unpaired) electrons. The minimum absolute atomic E-state index is 0.163. The van der Waals surface area contributed by atoms with Crippen LogP contribution < -0.4 is 10.9 Å². The lowest BCUT2D eigenvalue weighted by Crippen LogP contribution is -2.36. The maximum Gasteiger partial charge on any atom is 0.270 e. The van der Waals surface area contributed by atoms with E-state index in [1.54, 1.807) is 6.92 Å². The minimum Gasteiger partial charge on any atom is -0.341 e. The molecule has 1 amide bonds. The summed E-state index contributed by atoms with van der Waals surface area (Å²) in [5, 5.41) is 3.05. The molecule has 0 unspecified atom stereocenters. The van der Waals surface area contributed by atoms with Crippen LogP contribution in [-0.4, -0.2) is 15.9 Å². The SMILES string of the molecule is CC.Cc1nc(C(=O)NC2(c3ccc(C(C)C)cc3)CC2)cc(=O)[nH]1. The molecule has 0 saturated heterocycles. The minimum atomic E-state index is -0.315. The van der Waals surface area contributed by atoms with Crippen LogP contribution in [0.3, 0.4) is 0 Å². The Hall–Kier alpha value is -2.43. The molecule has 0 bridgehead atoms. The van der Waals surface area contributed by atoms with Crippen molar-refractivity contribution < 1.29 is 4.79 Å². The highest BCUT2D eigenvalue weighted by molar-refractivity contribution is 5.93. The lowest BCUT2D eigenvalue weighted by atomic mass is 9.98. The Kier molecular flexibility index (Phi) is 5.77. The molecule has 0 atom stereocenters. The van der Waals surface area contributed by atoms with Crippen LogP contribution in [0.5, 0.6) is 0 Å². The number of aromatic amines is 1. The van der Waals surface area contributed by atoms with E-state index < -0.39 is 0 Å². The Morgan fingerprint density at radius 2 is 1.80 bits per heavy atom. The Morgan fingerprint density at radius 1 is 1.20 bits per heavy atom. The second-order valence-corrected chi connectivity index (χ2v) is 6.53. The van der Waals surface area contributed by atoms with Crippen LogP contribution in [0, 0.1) is 6.92 Å². The number of aromatic nitrogens is 2. The zero-order valence-corrected chi connectivity index (χ0v) is 15.6. The molecule has 3 rings (SSSR count). The molecule has 1 saturated carbocycles. The predicted molar refractivity (Wildman–Crippen MR) is 99.9 cm³/mol. The van der Waals surface area contributed by atoms with Crippen LogP contribution in [0.2, 0.25) is 0 Å². The van der Waals surface area contributed by atoms with Crippen LogP contribution in [0.4, 0.5) is 0 Å². The fraction of sp³-hybridized carbons (Fsp3) is 0.450. The summed E-state index contributed by atoms with van der Waals surface area (Å²) >= 11 is 0. The molecule has 1 aromatic heterocycles. The normalized spacial score (nSPS) is 14.5. The maximum absolute atomic E-state index is 12.4. The number of rotatable bonds is 4. The van der Waals surface area contributed by atoms with E-state index in [0.717, 1.165) is 18.4 Å².